The second-order valence-corrected chi connectivity index (χ2v) is 7.95. The summed E-state index contributed by atoms with van der Waals surface area (Å²) >= 11 is 1.29. The Kier molecular flexibility index (Phi) is 7.55. The van der Waals surface area contributed by atoms with Gasteiger partial charge in [0.05, 0.1) is 18.5 Å². The molecule has 0 aromatic rings. The van der Waals surface area contributed by atoms with Crippen molar-refractivity contribution >= 4 is 28.7 Å². The van der Waals surface area contributed by atoms with E-state index in [1.54, 1.807) is 0 Å². The molecule has 24 heavy (non-hydrogen) atoms. The molecule has 2 aliphatic heterocycles. The largest absolute Gasteiger partial charge is 0.353 e. The van der Waals surface area contributed by atoms with Crippen LogP contribution in [-0.2, 0) is 14.4 Å². The van der Waals surface area contributed by atoms with Gasteiger partial charge >= 0.3 is 0 Å². The van der Waals surface area contributed by atoms with Crippen molar-refractivity contribution in [2.45, 2.75) is 58.0 Å². The first-order valence-corrected chi connectivity index (χ1v) is 9.97. The maximum Gasteiger partial charge on any atom is 0.234 e. The fraction of sp³-hybridized carbons (Fsp3) is 0.824. The highest BCUT2D eigenvalue weighted by Gasteiger charge is 2.30. The second kappa shape index (κ2) is 9.42. The third kappa shape index (κ3) is 5.77. The van der Waals surface area contributed by atoms with Crippen molar-refractivity contribution < 1.29 is 14.4 Å². The minimum absolute atomic E-state index is 0.0467. The maximum atomic E-state index is 12.4. The molecule has 0 aliphatic carbocycles. The lowest BCUT2D eigenvalue weighted by Gasteiger charge is -2.32. The van der Waals surface area contributed by atoms with Gasteiger partial charge in [-0.2, -0.15) is 0 Å². The van der Waals surface area contributed by atoms with Gasteiger partial charge < -0.3 is 10.6 Å². The summed E-state index contributed by atoms with van der Waals surface area (Å²) in [5.41, 5.74) is 0. The Morgan fingerprint density at radius 2 is 2.17 bits per heavy atom. The summed E-state index contributed by atoms with van der Waals surface area (Å²) in [6, 6.07) is -0.131. The lowest BCUT2D eigenvalue weighted by molar-refractivity contribution is -0.130. The summed E-state index contributed by atoms with van der Waals surface area (Å²) in [7, 11) is 0. The van der Waals surface area contributed by atoms with Crippen LogP contribution in [0.2, 0.25) is 0 Å². The van der Waals surface area contributed by atoms with E-state index in [2.05, 4.69) is 17.6 Å². The number of hydrogen-bond acceptors (Lipinski definition) is 5. The Morgan fingerprint density at radius 1 is 1.38 bits per heavy atom. The number of amides is 2. The Balaban J connectivity index is 1.76. The van der Waals surface area contributed by atoms with Crippen molar-refractivity contribution in [1.82, 2.24) is 15.5 Å². The number of rotatable bonds is 7. The van der Waals surface area contributed by atoms with Crippen molar-refractivity contribution in [2.24, 2.45) is 5.92 Å². The van der Waals surface area contributed by atoms with Crippen LogP contribution in [0.15, 0.2) is 0 Å². The molecule has 0 aromatic heterocycles. The molecule has 0 saturated carbocycles. The summed E-state index contributed by atoms with van der Waals surface area (Å²) in [4.78, 5) is 38.1. The molecule has 0 bridgehead atoms. The smallest absolute Gasteiger partial charge is 0.234 e. The van der Waals surface area contributed by atoms with Gasteiger partial charge in [0.1, 0.15) is 0 Å². The van der Waals surface area contributed by atoms with E-state index in [1.807, 2.05) is 11.8 Å². The van der Waals surface area contributed by atoms with E-state index in [0.717, 1.165) is 44.4 Å². The van der Waals surface area contributed by atoms with Crippen LogP contribution in [0.1, 0.15) is 46.0 Å². The third-order valence-corrected chi connectivity index (χ3v) is 5.63. The predicted molar refractivity (Wildman–Crippen MR) is 95.7 cm³/mol. The summed E-state index contributed by atoms with van der Waals surface area (Å²) in [6.45, 7) is 5.85. The highest BCUT2D eigenvalue weighted by molar-refractivity contribution is 8.14. The van der Waals surface area contributed by atoms with Gasteiger partial charge in [0.25, 0.3) is 0 Å². The highest BCUT2D eigenvalue weighted by Crippen LogP contribution is 2.20. The zero-order chi connectivity index (χ0) is 17.5. The Morgan fingerprint density at radius 3 is 2.83 bits per heavy atom. The van der Waals surface area contributed by atoms with Gasteiger partial charge in [0.2, 0.25) is 16.9 Å². The van der Waals surface area contributed by atoms with Crippen LogP contribution in [0.4, 0.5) is 0 Å². The Bertz CT molecular complexity index is 472. The monoisotopic (exact) mass is 355 g/mol. The van der Waals surface area contributed by atoms with Crippen LogP contribution in [0.25, 0.3) is 0 Å². The van der Waals surface area contributed by atoms with Gasteiger partial charge in [-0.1, -0.05) is 25.1 Å². The molecular formula is C17H29N3O3S. The van der Waals surface area contributed by atoms with Crippen molar-refractivity contribution in [1.29, 1.82) is 0 Å². The SMILES string of the molecule is CCC[C@H](C)NC(=O)[C@@H]1CCCN(CC(=O)N[C@H]2CCSC2=O)C1. The van der Waals surface area contributed by atoms with E-state index in [9.17, 15) is 14.4 Å². The minimum Gasteiger partial charge on any atom is -0.353 e. The normalized spacial score (nSPS) is 26.2. The first-order chi connectivity index (χ1) is 11.5. The maximum absolute atomic E-state index is 12.4. The zero-order valence-corrected chi connectivity index (χ0v) is 15.5. The summed E-state index contributed by atoms with van der Waals surface area (Å²) < 4.78 is 0. The van der Waals surface area contributed by atoms with E-state index in [0.29, 0.717) is 6.54 Å². The molecule has 2 saturated heterocycles. The average Bonchev–Trinajstić information content (AvgIpc) is 2.92. The van der Waals surface area contributed by atoms with Crippen LogP contribution in [0.5, 0.6) is 0 Å². The first-order valence-electron chi connectivity index (χ1n) is 8.98. The third-order valence-electron chi connectivity index (χ3n) is 4.62. The van der Waals surface area contributed by atoms with Gasteiger partial charge in [-0.05, 0) is 39.2 Å². The van der Waals surface area contributed by atoms with Gasteiger partial charge in [0.15, 0.2) is 0 Å². The predicted octanol–water partition coefficient (Wildman–Crippen LogP) is 1.15. The number of carbonyl (C=O) groups is 3. The molecule has 6 nitrogen and oxygen atoms in total. The van der Waals surface area contributed by atoms with Crippen LogP contribution < -0.4 is 10.6 Å². The van der Waals surface area contributed by atoms with E-state index in [-0.39, 0.29) is 41.5 Å². The van der Waals surface area contributed by atoms with Crippen molar-refractivity contribution in [3.8, 4) is 0 Å². The number of nitrogens with zero attached hydrogens (tertiary/aromatic N) is 1. The molecule has 2 aliphatic rings. The van der Waals surface area contributed by atoms with Gasteiger partial charge in [-0.3, -0.25) is 19.3 Å². The number of nitrogens with one attached hydrogen (secondary N) is 2. The lowest BCUT2D eigenvalue weighted by atomic mass is 9.96. The molecule has 7 heteroatoms. The summed E-state index contributed by atoms with van der Waals surface area (Å²) in [6.07, 6.45) is 4.55. The minimum atomic E-state index is -0.332. The lowest BCUT2D eigenvalue weighted by Crippen LogP contribution is -2.49. The molecule has 2 amide bonds. The molecular weight excluding hydrogens is 326 g/mol. The molecule has 2 rings (SSSR count). The zero-order valence-electron chi connectivity index (χ0n) is 14.7. The number of carbonyl (C=O) groups excluding carboxylic acids is 3. The standard InChI is InChI=1S/C17H29N3O3S/c1-3-5-12(2)18-16(22)13-6-4-8-20(10-13)11-15(21)19-14-7-9-24-17(14)23/h12-14H,3-11H2,1-2H3,(H,18,22)(H,19,21)/t12-,13+,14-/m0/s1. The van der Waals surface area contributed by atoms with Gasteiger partial charge in [-0.25, -0.2) is 0 Å². The molecule has 0 unspecified atom stereocenters. The summed E-state index contributed by atoms with van der Waals surface area (Å²) in [5, 5.41) is 5.95. The number of piperidine rings is 1. The van der Waals surface area contributed by atoms with E-state index < -0.39 is 0 Å². The highest BCUT2D eigenvalue weighted by atomic mass is 32.2. The van der Waals surface area contributed by atoms with Gasteiger partial charge in [0, 0.05) is 18.3 Å². The van der Waals surface area contributed by atoms with E-state index in [4.69, 9.17) is 0 Å². The van der Waals surface area contributed by atoms with Crippen molar-refractivity contribution in [3.05, 3.63) is 0 Å². The summed E-state index contributed by atoms with van der Waals surface area (Å²) in [5.74, 6) is 0.723. The Hall–Kier alpha value is -1.08. The quantitative estimate of drug-likeness (QED) is 0.716. The van der Waals surface area contributed by atoms with Gasteiger partial charge in [-0.15, -0.1) is 0 Å². The fourth-order valence-electron chi connectivity index (χ4n) is 3.35. The molecule has 2 fully saturated rings. The molecule has 3 atom stereocenters. The number of likely N-dealkylation sites (tertiary alicyclic amines) is 1. The number of thioether (sulfide) groups is 1. The first kappa shape index (κ1) is 19.2. The molecule has 2 heterocycles. The molecule has 0 aromatic carbocycles. The van der Waals surface area contributed by atoms with Crippen LogP contribution in [0, 0.1) is 5.92 Å². The molecule has 136 valence electrons. The fourth-order valence-corrected chi connectivity index (χ4v) is 4.28. The van der Waals surface area contributed by atoms with Crippen LogP contribution in [0.3, 0.4) is 0 Å². The van der Waals surface area contributed by atoms with Crippen molar-refractivity contribution in [3.63, 3.8) is 0 Å². The van der Waals surface area contributed by atoms with E-state index in [1.165, 1.54) is 11.8 Å². The molecule has 0 radical (unpaired) electrons. The molecule has 2 N–H and O–H groups in total. The van der Waals surface area contributed by atoms with Crippen LogP contribution in [-0.4, -0.2) is 59.3 Å². The van der Waals surface area contributed by atoms with E-state index >= 15 is 0 Å². The Labute approximate surface area is 148 Å². The molecule has 0 spiro atoms. The van der Waals surface area contributed by atoms with Crippen LogP contribution >= 0.6 is 11.8 Å². The number of hydrogen-bond donors (Lipinski definition) is 2. The average molecular weight is 356 g/mol. The van der Waals surface area contributed by atoms with Crippen molar-refractivity contribution in [2.75, 3.05) is 25.4 Å². The topological polar surface area (TPSA) is 78.5 Å². The second-order valence-electron chi connectivity index (χ2n) is 6.85.